The number of fused-ring (bicyclic) bond motifs is 1. The Kier molecular flexibility index (Phi) is 6.27. The van der Waals surface area contributed by atoms with E-state index in [9.17, 15) is 4.79 Å². The lowest BCUT2D eigenvalue weighted by Crippen LogP contribution is -2.07. The zero-order chi connectivity index (χ0) is 21.8. The van der Waals surface area contributed by atoms with E-state index < -0.39 is 0 Å². The first kappa shape index (κ1) is 21.0. The van der Waals surface area contributed by atoms with Crippen molar-refractivity contribution in [2.45, 2.75) is 37.9 Å². The summed E-state index contributed by atoms with van der Waals surface area (Å²) in [5.74, 6) is 2.87. The van der Waals surface area contributed by atoms with E-state index in [2.05, 4.69) is 15.2 Å². The Morgan fingerprint density at radius 3 is 2.58 bits per heavy atom. The number of methoxy groups -OCH3 is 1. The van der Waals surface area contributed by atoms with Crippen molar-refractivity contribution >= 4 is 22.7 Å². The normalized spacial score (nSPS) is 11.1. The van der Waals surface area contributed by atoms with Crippen LogP contribution in [0.3, 0.4) is 0 Å². The quantitative estimate of drug-likeness (QED) is 0.414. The molecule has 0 unspecified atom stereocenters. The summed E-state index contributed by atoms with van der Waals surface area (Å²) in [6.45, 7) is 5.07. The van der Waals surface area contributed by atoms with Crippen molar-refractivity contribution in [2.75, 3.05) is 7.11 Å². The number of nitrogens with one attached hydrogen (secondary N) is 1. The maximum atomic E-state index is 12.5. The second-order valence-corrected chi connectivity index (χ2v) is 8.05. The standard InChI is InChI=1S/C23H24N4O3S/c1-4-27-22(13-30-18-8-6-17(29-3)7-9-18)25-26-23(27)31-14-16-12-21(28)19-11-15(2)5-10-20(19)24-16/h5-12H,4,13-14H2,1-3H3,(H,24,28). The average molecular weight is 437 g/mol. The number of rotatable bonds is 8. The number of nitrogens with zero attached hydrogens (tertiary/aromatic N) is 3. The van der Waals surface area contributed by atoms with Gasteiger partial charge in [-0.3, -0.25) is 4.79 Å². The highest BCUT2D eigenvalue weighted by molar-refractivity contribution is 7.98. The van der Waals surface area contributed by atoms with E-state index in [0.29, 0.717) is 17.7 Å². The van der Waals surface area contributed by atoms with Gasteiger partial charge in [0.25, 0.3) is 0 Å². The number of H-pyrrole nitrogens is 1. The fraction of sp³-hybridized carbons (Fsp3) is 0.261. The molecular weight excluding hydrogens is 412 g/mol. The number of ether oxygens (including phenoxy) is 2. The molecule has 0 amide bonds. The van der Waals surface area contributed by atoms with Crippen molar-refractivity contribution in [2.24, 2.45) is 0 Å². The van der Waals surface area contributed by atoms with Gasteiger partial charge < -0.3 is 19.0 Å². The van der Waals surface area contributed by atoms with E-state index in [1.807, 2.05) is 60.9 Å². The predicted molar refractivity (Wildman–Crippen MR) is 122 cm³/mol. The van der Waals surface area contributed by atoms with Crippen molar-refractivity contribution in [3.63, 3.8) is 0 Å². The molecule has 4 rings (SSSR count). The van der Waals surface area contributed by atoms with Crippen LogP contribution in [0.15, 0.2) is 58.5 Å². The molecular formula is C23H24N4O3S. The maximum absolute atomic E-state index is 12.5. The third-order valence-corrected chi connectivity index (χ3v) is 5.95. The van der Waals surface area contributed by atoms with E-state index >= 15 is 0 Å². The van der Waals surface area contributed by atoms with Gasteiger partial charge in [-0.15, -0.1) is 10.2 Å². The van der Waals surface area contributed by atoms with Crippen LogP contribution in [-0.2, 0) is 18.9 Å². The monoisotopic (exact) mass is 436 g/mol. The van der Waals surface area contributed by atoms with Gasteiger partial charge in [-0.05, 0) is 50.2 Å². The molecule has 0 fully saturated rings. The highest BCUT2D eigenvalue weighted by Crippen LogP contribution is 2.23. The van der Waals surface area contributed by atoms with Crippen LogP contribution in [0, 0.1) is 6.92 Å². The molecule has 0 aliphatic carbocycles. The van der Waals surface area contributed by atoms with E-state index in [1.165, 1.54) is 11.8 Å². The van der Waals surface area contributed by atoms with Crippen LogP contribution in [-0.4, -0.2) is 26.9 Å². The lowest BCUT2D eigenvalue weighted by atomic mass is 10.1. The first-order valence-corrected chi connectivity index (χ1v) is 11.0. The van der Waals surface area contributed by atoms with Gasteiger partial charge in [-0.2, -0.15) is 0 Å². The van der Waals surface area contributed by atoms with E-state index in [0.717, 1.165) is 45.8 Å². The Hall–Kier alpha value is -3.26. The van der Waals surface area contributed by atoms with Crippen LogP contribution in [0.25, 0.3) is 10.9 Å². The van der Waals surface area contributed by atoms with Crippen LogP contribution in [0.4, 0.5) is 0 Å². The molecule has 2 aromatic heterocycles. The lowest BCUT2D eigenvalue weighted by molar-refractivity contribution is 0.287. The number of thioether (sulfide) groups is 1. The summed E-state index contributed by atoms with van der Waals surface area (Å²) in [5.41, 5.74) is 2.80. The van der Waals surface area contributed by atoms with Crippen LogP contribution >= 0.6 is 11.8 Å². The minimum absolute atomic E-state index is 0.0265. The van der Waals surface area contributed by atoms with Crippen molar-refractivity contribution in [3.8, 4) is 11.5 Å². The Balaban J connectivity index is 1.45. The Morgan fingerprint density at radius 2 is 1.84 bits per heavy atom. The van der Waals surface area contributed by atoms with Crippen molar-refractivity contribution in [3.05, 3.63) is 75.8 Å². The molecule has 0 bridgehead atoms. The minimum Gasteiger partial charge on any atom is -0.497 e. The number of hydrogen-bond acceptors (Lipinski definition) is 6. The highest BCUT2D eigenvalue weighted by Gasteiger charge is 2.13. The first-order valence-electron chi connectivity index (χ1n) is 10.0. The van der Waals surface area contributed by atoms with Gasteiger partial charge in [-0.1, -0.05) is 23.4 Å². The molecule has 0 atom stereocenters. The van der Waals surface area contributed by atoms with E-state index in [4.69, 9.17) is 9.47 Å². The zero-order valence-corrected chi connectivity index (χ0v) is 18.5. The average Bonchev–Trinajstić information content (AvgIpc) is 3.19. The second-order valence-electron chi connectivity index (χ2n) is 7.10. The van der Waals surface area contributed by atoms with Gasteiger partial charge in [-0.25, -0.2) is 0 Å². The highest BCUT2D eigenvalue weighted by atomic mass is 32.2. The summed E-state index contributed by atoms with van der Waals surface area (Å²) >= 11 is 1.54. The summed E-state index contributed by atoms with van der Waals surface area (Å²) in [7, 11) is 1.63. The third kappa shape index (κ3) is 4.74. The molecule has 7 nitrogen and oxygen atoms in total. The second kappa shape index (κ2) is 9.26. The molecule has 31 heavy (non-hydrogen) atoms. The Labute approximate surface area is 184 Å². The van der Waals surface area contributed by atoms with Crippen LogP contribution in [0.1, 0.15) is 24.0 Å². The summed E-state index contributed by atoms with van der Waals surface area (Å²) in [6.07, 6.45) is 0. The zero-order valence-electron chi connectivity index (χ0n) is 17.7. The first-order chi connectivity index (χ1) is 15.1. The molecule has 0 radical (unpaired) electrons. The maximum Gasteiger partial charge on any atom is 0.191 e. The number of aryl methyl sites for hydroxylation is 1. The molecule has 1 N–H and O–H groups in total. The number of aromatic amines is 1. The number of benzene rings is 2. The van der Waals surface area contributed by atoms with Gasteiger partial charge in [0.2, 0.25) is 0 Å². The molecule has 0 spiro atoms. The summed E-state index contributed by atoms with van der Waals surface area (Å²) in [5, 5.41) is 10.1. The Bertz CT molecular complexity index is 1250. The third-order valence-electron chi connectivity index (χ3n) is 4.93. The van der Waals surface area contributed by atoms with Gasteiger partial charge >= 0.3 is 0 Å². The molecule has 2 heterocycles. The fourth-order valence-corrected chi connectivity index (χ4v) is 4.24. The fourth-order valence-electron chi connectivity index (χ4n) is 3.31. The number of pyridine rings is 1. The SMILES string of the molecule is CCn1c(COc2ccc(OC)cc2)nnc1SCc1cc(=O)c2cc(C)ccc2[nH]1. The van der Waals surface area contributed by atoms with Crippen LogP contribution in [0.5, 0.6) is 11.5 Å². The summed E-state index contributed by atoms with van der Waals surface area (Å²) in [6, 6.07) is 14.9. The van der Waals surface area contributed by atoms with Crippen molar-refractivity contribution in [1.82, 2.24) is 19.7 Å². The van der Waals surface area contributed by atoms with Gasteiger partial charge in [0, 0.05) is 35.0 Å². The van der Waals surface area contributed by atoms with E-state index in [-0.39, 0.29) is 5.43 Å². The summed E-state index contributed by atoms with van der Waals surface area (Å²) < 4.78 is 13.0. The largest absolute Gasteiger partial charge is 0.497 e. The molecule has 2 aromatic carbocycles. The van der Waals surface area contributed by atoms with Gasteiger partial charge in [0.05, 0.1) is 7.11 Å². The van der Waals surface area contributed by atoms with Gasteiger partial charge in [0.1, 0.15) is 18.1 Å². The molecule has 4 aromatic rings. The van der Waals surface area contributed by atoms with Crippen LogP contribution < -0.4 is 14.9 Å². The molecule has 160 valence electrons. The molecule has 0 aliphatic heterocycles. The molecule has 0 saturated heterocycles. The van der Waals surface area contributed by atoms with Gasteiger partial charge in [0.15, 0.2) is 16.4 Å². The lowest BCUT2D eigenvalue weighted by Gasteiger charge is -2.09. The van der Waals surface area contributed by atoms with Crippen LogP contribution in [0.2, 0.25) is 0 Å². The minimum atomic E-state index is 0.0265. The number of hydrogen-bond donors (Lipinski definition) is 1. The summed E-state index contributed by atoms with van der Waals surface area (Å²) in [4.78, 5) is 15.8. The smallest absolute Gasteiger partial charge is 0.191 e. The molecule has 0 aliphatic rings. The topological polar surface area (TPSA) is 82.0 Å². The predicted octanol–water partition coefficient (Wildman–Crippen LogP) is 4.33. The Morgan fingerprint density at radius 1 is 1.06 bits per heavy atom. The van der Waals surface area contributed by atoms with Crippen molar-refractivity contribution < 1.29 is 9.47 Å². The molecule has 0 saturated carbocycles. The number of aromatic nitrogens is 4. The van der Waals surface area contributed by atoms with Crippen molar-refractivity contribution in [1.29, 1.82) is 0 Å². The van der Waals surface area contributed by atoms with E-state index in [1.54, 1.807) is 13.2 Å². The molecule has 8 heteroatoms.